The number of rotatable bonds is 2. The first kappa shape index (κ1) is 20.4. The van der Waals surface area contributed by atoms with Gasteiger partial charge in [-0.25, -0.2) is 4.79 Å². The van der Waals surface area contributed by atoms with E-state index in [-0.39, 0.29) is 12.0 Å². The Morgan fingerprint density at radius 2 is 1.52 bits per heavy atom. The number of amides is 2. The molecule has 2 heterocycles. The number of hydrogen-bond donors (Lipinski definition) is 0. The zero-order valence-corrected chi connectivity index (χ0v) is 17.9. The van der Waals surface area contributed by atoms with Gasteiger partial charge in [-0.2, -0.15) is 0 Å². The molecule has 148 valence electrons. The molecule has 0 unspecified atom stereocenters. The van der Waals surface area contributed by atoms with Crippen LogP contribution in [0.3, 0.4) is 0 Å². The van der Waals surface area contributed by atoms with E-state index in [0.29, 0.717) is 30.8 Å². The van der Waals surface area contributed by atoms with Gasteiger partial charge in [0.25, 0.3) is 5.91 Å². The molecule has 2 amide bonds. The summed E-state index contributed by atoms with van der Waals surface area (Å²) in [7, 11) is 0. The van der Waals surface area contributed by atoms with E-state index in [1.165, 1.54) is 23.5 Å². The molecule has 0 bridgehead atoms. The second-order valence-corrected chi connectivity index (χ2v) is 10.5. The van der Waals surface area contributed by atoms with E-state index in [2.05, 4.69) is 12.1 Å². The minimum Gasteiger partial charge on any atom is -0.444 e. The van der Waals surface area contributed by atoms with Crippen molar-refractivity contribution in [2.45, 2.75) is 37.4 Å². The Labute approximate surface area is 170 Å². The molecular weight excluding hydrogens is 380 g/mol. The second-order valence-electron chi connectivity index (χ2n) is 7.81. The zero-order chi connectivity index (χ0) is 19.4. The van der Waals surface area contributed by atoms with E-state index in [1.807, 2.05) is 61.3 Å². The molecule has 27 heavy (non-hydrogen) atoms. The fourth-order valence-corrected chi connectivity index (χ4v) is 5.96. The summed E-state index contributed by atoms with van der Waals surface area (Å²) in [6.45, 7) is 7.67. The van der Waals surface area contributed by atoms with Crippen LogP contribution in [0.4, 0.5) is 4.79 Å². The first-order valence-electron chi connectivity index (χ1n) is 9.44. The number of thioether (sulfide) groups is 2. The number of benzene rings is 1. The highest BCUT2D eigenvalue weighted by atomic mass is 32.2. The van der Waals surface area contributed by atoms with Crippen molar-refractivity contribution in [3.63, 3.8) is 0 Å². The molecule has 2 aliphatic rings. The Morgan fingerprint density at radius 3 is 2.07 bits per heavy atom. The standard InChI is InChI=1S/C20H28N2O3S2/c1-20(2,3)25-19(24)22-11-9-21(10-12-22)17(23)15-5-7-16(8-6-15)18-26-13-4-14-27-18/h5-8,18H,4,9-14H2,1-3H3. The first-order chi connectivity index (χ1) is 12.8. The molecule has 0 saturated carbocycles. The third kappa shape index (κ3) is 5.57. The number of hydrogen-bond acceptors (Lipinski definition) is 5. The molecule has 1 aromatic rings. The lowest BCUT2D eigenvalue weighted by molar-refractivity contribution is 0.0141. The van der Waals surface area contributed by atoms with Crippen LogP contribution >= 0.6 is 23.5 Å². The van der Waals surface area contributed by atoms with Gasteiger partial charge in [0.2, 0.25) is 0 Å². The molecule has 0 N–H and O–H groups in total. The summed E-state index contributed by atoms with van der Waals surface area (Å²) in [6.07, 6.45) is 0.971. The summed E-state index contributed by atoms with van der Waals surface area (Å²) in [5, 5.41) is 0. The molecule has 0 aliphatic carbocycles. The number of piperazine rings is 1. The number of carbonyl (C=O) groups is 2. The molecule has 1 aromatic carbocycles. The normalized spacial score (nSPS) is 19.1. The van der Waals surface area contributed by atoms with Gasteiger partial charge in [-0.1, -0.05) is 12.1 Å². The van der Waals surface area contributed by atoms with E-state index < -0.39 is 5.60 Å². The molecule has 0 atom stereocenters. The highest BCUT2D eigenvalue weighted by Crippen LogP contribution is 2.43. The molecule has 0 radical (unpaired) electrons. The van der Waals surface area contributed by atoms with Crippen LogP contribution in [-0.4, -0.2) is 65.1 Å². The van der Waals surface area contributed by atoms with Gasteiger partial charge in [-0.3, -0.25) is 4.79 Å². The van der Waals surface area contributed by atoms with Crippen LogP contribution < -0.4 is 0 Å². The lowest BCUT2D eigenvalue weighted by Gasteiger charge is -2.35. The van der Waals surface area contributed by atoms with Crippen LogP contribution in [0.15, 0.2) is 24.3 Å². The molecule has 0 aromatic heterocycles. The number of nitrogens with zero attached hydrogens (tertiary/aromatic N) is 2. The van der Waals surface area contributed by atoms with Crippen LogP contribution in [0.1, 0.15) is 47.7 Å². The highest BCUT2D eigenvalue weighted by Gasteiger charge is 2.28. The third-order valence-electron chi connectivity index (χ3n) is 4.48. The quantitative estimate of drug-likeness (QED) is 0.732. The molecule has 2 aliphatic heterocycles. The van der Waals surface area contributed by atoms with E-state index in [1.54, 1.807) is 4.90 Å². The lowest BCUT2D eigenvalue weighted by Crippen LogP contribution is -2.51. The van der Waals surface area contributed by atoms with Gasteiger partial charge in [0, 0.05) is 31.7 Å². The minimum atomic E-state index is -0.499. The largest absolute Gasteiger partial charge is 0.444 e. The average Bonchev–Trinajstić information content (AvgIpc) is 2.67. The summed E-state index contributed by atoms with van der Waals surface area (Å²) in [6, 6.07) is 8.04. The van der Waals surface area contributed by atoms with Crippen molar-refractivity contribution >= 4 is 35.5 Å². The molecule has 5 nitrogen and oxygen atoms in total. The first-order valence-corrected chi connectivity index (χ1v) is 11.5. The van der Waals surface area contributed by atoms with Gasteiger partial charge in [0.15, 0.2) is 0 Å². The Hall–Kier alpha value is -1.34. The van der Waals surface area contributed by atoms with Crippen LogP contribution in [0.5, 0.6) is 0 Å². The molecular formula is C20H28N2O3S2. The average molecular weight is 409 g/mol. The summed E-state index contributed by atoms with van der Waals surface area (Å²) >= 11 is 3.97. The minimum absolute atomic E-state index is 0.0364. The van der Waals surface area contributed by atoms with Crippen LogP contribution in [-0.2, 0) is 4.74 Å². The molecule has 2 fully saturated rings. The maximum absolute atomic E-state index is 12.8. The fourth-order valence-electron chi connectivity index (χ4n) is 3.06. The Bertz CT molecular complexity index is 659. The Balaban J connectivity index is 1.54. The molecule has 0 spiro atoms. The van der Waals surface area contributed by atoms with Crippen molar-refractivity contribution in [1.82, 2.24) is 9.80 Å². The predicted octanol–water partition coefficient (Wildman–Crippen LogP) is 4.25. The monoisotopic (exact) mass is 408 g/mol. The van der Waals surface area contributed by atoms with Crippen LogP contribution in [0.25, 0.3) is 0 Å². The molecule has 3 rings (SSSR count). The van der Waals surface area contributed by atoms with Crippen LogP contribution in [0, 0.1) is 0 Å². The van der Waals surface area contributed by atoms with Crippen molar-refractivity contribution in [3.8, 4) is 0 Å². The van der Waals surface area contributed by atoms with Gasteiger partial charge in [0.1, 0.15) is 5.60 Å². The Morgan fingerprint density at radius 1 is 0.963 bits per heavy atom. The van der Waals surface area contributed by atoms with Gasteiger partial charge >= 0.3 is 6.09 Å². The second kappa shape index (κ2) is 8.78. The smallest absolute Gasteiger partial charge is 0.410 e. The van der Waals surface area contributed by atoms with E-state index in [9.17, 15) is 9.59 Å². The fraction of sp³-hybridized carbons (Fsp3) is 0.600. The van der Waals surface area contributed by atoms with Crippen molar-refractivity contribution in [3.05, 3.63) is 35.4 Å². The van der Waals surface area contributed by atoms with Gasteiger partial charge in [-0.15, -0.1) is 23.5 Å². The Kier molecular flexibility index (Phi) is 6.63. The van der Waals surface area contributed by atoms with Crippen LogP contribution in [0.2, 0.25) is 0 Å². The maximum atomic E-state index is 12.8. The summed E-state index contributed by atoms with van der Waals surface area (Å²) in [5.41, 5.74) is 1.51. The summed E-state index contributed by atoms with van der Waals surface area (Å²) < 4.78 is 5.89. The third-order valence-corrected chi connectivity index (χ3v) is 7.49. The topological polar surface area (TPSA) is 49.9 Å². The maximum Gasteiger partial charge on any atom is 0.410 e. The predicted molar refractivity (Wildman–Crippen MR) is 112 cm³/mol. The number of carbonyl (C=O) groups excluding carboxylic acids is 2. The zero-order valence-electron chi connectivity index (χ0n) is 16.3. The molecule has 2 saturated heterocycles. The molecule has 7 heteroatoms. The highest BCUT2D eigenvalue weighted by molar-refractivity contribution is 8.16. The van der Waals surface area contributed by atoms with E-state index >= 15 is 0 Å². The van der Waals surface area contributed by atoms with Crippen molar-refractivity contribution in [2.24, 2.45) is 0 Å². The van der Waals surface area contributed by atoms with Crippen molar-refractivity contribution < 1.29 is 14.3 Å². The SMILES string of the molecule is CC(C)(C)OC(=O)N1CCN(C(=O)c2ccc(C3SCCCS3)cc2)CC1. The van der Waals surface area contributed by atoms with Gasteiger partial charge in [-0.05, 0) is 56.4 Å². The van der Waals surface area contributed by atoms with Crippen molar-refractivity contribution in [2.75, 3.05) is 37.7 Å². The van der Waals surface area contributed by atoms with Crippen molar-refractivity contribution in [1.29, 1.82) is 0 Å². The summed E-state index contributed by atoms with van der Waals surface area (Å²) in [5.74, 6) is 2.45. The number of ether oxygens (including phenoxy) is 1. The van der Waals surface area contributed by atoms with Gasteiger partial charge < -0.3 is 14.5 Å². The van der Waals surface area contributed by atoms with E-state index in [4.69, 9.17) is 4.74 Å². The van der Waals surface area contributed by atoms with E-state index in [0.717, 1.165) is 5.56 Å². The summed E-state index contributed by atoms with van der Waals surface area (Å²) in [4.78, 5) is 28.4. The van der Waals surface area contributed by atoms with Gasteiger partial charge in [0.05, 0.1) is 4.58 Å². The lowest BCUT2D eigenvalue weighted by atomic mass is 10.1.